The Morgan fingerprint density at radius 2 is 1.50 bits per heavy atom. The molecule has 0 saturated heterocycles. The van der Waals surface area contributed by atoms with E-state index < -0.39 is 0 Å². The number of nitrogens with one attached hydrogen (secondary N) is 1. The van der Waals surface area contributed by atoms with Crippen molar-refractivity contribution in [3.8, 4) is 0 Å². The zero-order valence-corrected chi connectivity index (χ0v) is 13.2. The molecule has 0 unspecified atom stereocenters. The number of carbonyl (C=O) groups excluding carboxylic acids is 2. The van der Waals surface area contributed by atoms with E-state index in [1.807, 2.05) is 27.7 Å². The molecule has 0 saturated carbocycles. The summed E-state index contributed by atoms with van der Waals surface area (Å²) in [6.45, 7) is 10.2. The quantitative estimate of drug-likeness (QED) is 0.556. The molecular formula is C15H29NO4. The van der Waals surface area contributed by atoms with Gasteiger partial charge in [-0.2, -0.15) is 0 Å². The summed E-state index contributed by atoms with van der Waals surface area (Å²) in [6.07, 6.45) is 1.35. The van der Waals surface area contributed by atoms with Gasteiger partial charge in [-0.1, -0.05) is 27.7 Å². The SMILES string of the molecule is CC(C)C(=O)CCCOCCOCCNC(=O)C(C)C. The van der Waals surface area contributed by atoms with E-state index in [1.165, 1.54) is 0 Å². The molecule has 0 bridgehead atoms. The van der Waals surface area contributed by atoms with Crippen LogP contribution in [-0.2, 0) is 19.1 Å². The first-order valence-electron chi connectivity index (χ1n) is 7.41. The first-order chi connectivity index (χ1) is 9.45. The molecule has 0 aromatic carbocycles. The third kappa shape index (κ3) is 10.9. The largest absolute Gasteiger partial charge is 0.379 e. The fourth-order valence-corrected chi connectivity index (χ4v) is 1.41. The van der Waals surface area contributed by atoms with E-state index in [9.17, 15) is 9.59 Å². The fourth-order valence-electron chi connectivity index (χ4n) is 1.41. The van der Waals surface area contributed by atoms with Crippen LogP contribution in [0.1, 0.15) is 40.5 Å². The van der Waals surface area contributed by atoms with Gasteiger partial charge in [0.1, 0.15) is 5.78 Å². The normalized spacial score (nSPS) is 11.1. The molecule has 0 spiro atoms. The molecule has 5 nitrogen and oxygen atoms in total. The molecule has 0 fully saturated rings. The molecule has 0 heterocycles. The number of ketones is 1. The van der Waals surface area contributed by atoms with E-state index in [4.69, 9.17) is 9.47 Å². The zero-order valence-electron chi connectivity index (χ0n) is 13.2. The standard InChI is InChI=1S/C15H29NO4/c1-12(2)14(17)6-5-8-19-10-11-20-9-7-16-15(18)13(3)4/h12-13H,5-11H2,1-4H3,(H,16,18). The third-order valence-electron chi connectivity index (χ3n) is 2.80. The summed E-state index contributed by atoms with van der Waals surface area (Å²) in [5, 5.41) is 2.77. The minimum atomic E-state index is 0.00637. The van der Waals surface area contributed by atoms with E-state index in [2.05, 4.69) is 5.32 Å². The van der Waals surface area contributed by atoms with E-state index in [0.29, 0.717) is 39.4 Å². The Hall–Kier alpha value is -0.940. The van der Waals surface area contributed by atoms with E-state index >= 15 is 0 Å². The first-order valence-corrected chi connectivity index (χ1v) is 7.41. The number of hydrogen-bond acceptors (Lipinski definition) is 4. The van der Waals surface area contributed by atoms with Gasteiger partial charge in [-0.3, -0.25) is 9.59 Å². The van der Waals surface area contributed by atoms with Crippen molar-refractivity contribution in [2.24, 2.45) is 11.8 Å². The van der Waals surface area contributed by atoms with Gasteiger partial charge in [-0.25, -0.2) is 0 Å². The monoisotopic (exact) mass is 287 g/mol. The Bertz CT molecular complexity index is 249. The van der Waals surface area contributed by atoms with Gasteiger partial charge < -0.3 is 14.8 Å². The predicted octanol–water partition coefficient (Wildman–Crippen LogP) is 1.80. The smallest absolute Gasteiger partial charge is 0.222 e. The number of ether oxygens (including phenoxy) is 2. The lowest BCUT2D eigenvalue weighted by Gasteiger charge is -2.08. The first kappa shape index (κ1) is 19.1. The predicted molar refractivity (Wildman–Crippen MR) is 78.6 cm³/mol. The molecule has 20 heavy (non-hydrogen) atoms. The van der Waals surface area contributed by atoms with Crippen molar-refractivity contribution in [3.05, 3.63) is 0 Å². The molecule has 0 aromatic heterocycles. The second-order valence-electron chi connectivity index (χ2n) is 5.40. The van der Waals surface area contributed by atoms with Crippen molar-refractivity contribution in [1.29, 1.82) is 0 Å². The van der Waals surface area contributed by atoms with Crippen LogP contribution in [0.5, 0.6) is 0 Å². The molecule has 0 radical (unpaired) electrons. The van der Waals surface area contributed by atoms with Crippen LogP contribution in [0.2, 0.25) is 0 Å². The highest BCUT2D eigenvalue weighted by Gasteiger charge is 2.06. The summed E-state index contributed by atoms with van der Waals surface area (Å²) in [6, 6.07) is 0. The van der Waals surface area contributed by atoms with Crippen LogP contribution in [0.3, 0.4) is 0 Å². The van der Waals surface area contributed by atoms with Gasteiger partial charge in [0.05, 0.1) is 19.8 Å². The Kier molecular flexibility index (Phi) is 11.3. The minimum absolute atomic E-state index is 0.00637. The van der Waals surface area contributed by atoms with Gasteiger partial charge in [-0.05, 0) is 6.42 Å². The van der Waals surface area contributed by atoms with Gasteiger partial charge >= 0.3 is 0 Å². The molecule has 1 amide bonds. The Labute approximate surface area is 122 Å². The van der Waals surface area contributed by atoms with Crippen LogP contribution in [0.25, 0.3) is 0 Å². The summed E-state index contributed by atoms with van der Waals surface area (Å²) >= 11 is 0. The van der Waals surface area contributed by atoms with Crippen LogP contribution in [0.15, 0.2) is 0 Å². The number of amides is 1. The average molecular weight is 287 g/mol. The highest BCUT2D eigenvalue weighted by atomic mass is 16.5. The Balaban J connectivity index is 3.21. The van der Waals surface area contributed by atoms with Gasteiger partial charge in [-0.15, -0.1) is 0 Å². The zero-order chi connectivity index (χ0) is 15.4. The molecule has 0 atom stereocenters. The van der Waals surface area contributed by atoms with Gasteiger partial charge in [0.2, 0.25) is 5.91 Å². The molecule has 0 aromatic rings. The van der Waals surface area contributed by atoms with Crippen molar-refractivity contribution < 1.29 is 19.1 Å². The lowest BCUT2D eigenvalue weighted by Crippen LogP contribution is -2.31. The fraction of sp³-hybridized carbons (Fsp3) is 0.867. The average Bonchev–Trinajstić information content (AvgIpc) is 2.39. The lowest BCUT2D eigenvalue weighted by atomic mass is 10.1. The minimum Gasteiger partial charge on any atom is -0.379 e. The highest BCUT2D eigenvalue weighted by molar-refractivity contribution is 5.80. The number of hydrogen-bond donors (Lipinski definition) is 1. The van der Waals surface area contributed by atoms with Crippen molar-refractivity contribution in [2.75, 3.05) is 33.0 Å². The molecule has 0 aliphatic rings. The van der Waals surface area contributed by atoms with Crippen molar-refractivity contribution in [1.82, 2.24) is 5.32 Å². The van der Waals surface area contributed by atoms with Crippen LogP contribution in [0.4, 0.5) is 0 Å². The van der Waals surface area contributed by atoms with Crippen molar-refractivity contribution in [3.63, 3.8) is 0 Å². The maximum absolute atomic E-state index is 11.3. The maximum atomic E-state index is 11.3. The van der Waals surface area contributed by atoms with E-state index in [0.717, 1.165) is 6.42 Å². The van der Waals surface area contributed by atoms with Crippen molar-refractivity contribution >= 4 is 11.7 Å². The van der Waals surface area contributed by atoms with Crippen LogP contribution >= 0.6 is 0 Å². The summed E-state index contributed by atoms with van der Waals surface area (Å²) in [7, 11) is 0. The summed E-state index contributed by atoms with van der Waals surface area (Å²) in [5.74, 6) is 0.441. The third-order valence-corrected chi connectivity index (χ3v) is 2.80. The van der Waals surface area contributed by atoms with Crippen LogP contribution in [-0.4, -0.2) is 44.7 Å². The van der Waals surface area contributed by atoms with Gasteiger partial charge in [0.25, 0.3) is 0 Å². The molecular weight excluding hydrogens is 258 g/mol. The molecule has 0 rings (SSSR count). The van der Waals surface area contributed by atoms with Crippen molar-refractivity contribution in [2.45, 2.75) is 40.5 Å². The Morgan fingerprint density at radius 1 is 0.900 bits per heavy atom. The summed E-state index contributed by atoms with van der Waals surface area (Å²) in [4.78, 5) is 22.6. The second kappa shape index (κ2) is 11.9. The lowest BCUT2D eigenvalue weighted by molar-refractivity contribution is -0.124. The number of rotatable bonds is 12. The van der Waals surface area contributed by atoms with E-state index in [-0.39, 0.29) is 23.5 Å². The number of Topliss-reactive ketones (excluding diaryl/α,β-unsaturated/α-hetero) is 1. The van der Waals surface area contributed by atoms with E-state index in [1.54, 1.807) is 0 Å². The molecule has 1 N–H and O–H groups in total. The molecule has 0 aliphatic carbocycles. The van der Waals surface area contributed by atoms with Gasteiger partial charge in [0, 0.05) is 31.4 Å². The van der Waals surface area contributed by atoms with Gasteiger partial charge in [0.15, 0.2) is 0 Å². The topological polar surface area (TPSA) is 64.6 Å². The molecule has 0 aliphatic heterocycles. The second-order valence-corrected chi connectivity index (χ2v) is 5.40. The van der Waals surface area contributed by atoms with Crippen LogP contribution < -0.4 is 5.32 Å². The maximum Gasteiger partial charge on any atom is 0.222 e. The summed E-state index contributed by atoms with van der Waals surface area (Å²) in [5.41, 5.74) is 0. The van der Waals surface area contributed by atoms with Crippen LogP contribution in [0, 0.1) is 11.8 Å². The number of carbonyl (C=O) groups is 2. The molecule has 118 valence electrons. The molecule has 5 heteroatoms. The Morgan fingerprint density at radius 3 is 2.05 bits per heavy atom. The summed E-state index contributed by atoms with van der Waals surface area (Å²) < 4.78 is 10.7. The highest BCUT2D eigenvalue weighted by Crippen LogP contribution is 2.01.